The van der Waals surface area contributed by atoms with Gasteiger partial charge in [-0.25, -0.2) is 18.4 Å². The first kappa shape index (κ1) is 22.2. The Morgan fingerprint density at radius 3 is 2.50 bits per heavy atom. The Balaban J connectivity index is 1.57. The highest BCUT2D eigenvalue weighted by atomic mass is 32.2. The minimum atomic E-state index is -3.33. The summed E-state index contributed by atoms with van der Waals surface area (Å²) in [5, 5.41) is 4.04. The number of nitrogens with one attached hydrogen (secondary N) is 1. The third-order valence-corrected chi connectivity index (χ3v) is 7.68. The number of carbonyl (C=O) groups is 1. The topological polar surface area (TPSA) is 89.0 Å². The monoisotopic (exact) mass is 487 g/mol. The summed E-state index contributed by atoms with van der Waals surface area (Å²) in [5.74, 6) is -0.299. The van der Waals surface area contributed by atoms with Crippen LogP contribution in [0.4, 0.5) is 5.13 Å². The van der Waals surface area contributed by atoms with Gasteiger partial charge in [0.25, 0.3) is 5.91 Å². The van der Waals surface area contributed by atoms with Crippen LogP contribution in [0.1, 0.15) is 21.5 Å². The van der Waals surface area contributed by atoms with Crippen LogP contribution in [0.3, 0.4) is 0 Å². The van der Waals surface area contributed by atoms with Crippen molar-refractivity contribution in [3.63, 3.8) is 0 Å². The molecule has 1 amide bonds. The van der Waals surface area contributed by atoms with Crippen LogP contribution in [0.25, 0.3) is 32.4 Å². The predicted molar refractivity (Wildman–Crippen MR) is 137 cm³/mol. The standard InChI is InChI=1S/C26H21N3O3S2/c1-15-8-9-16(2)19(12-15)23-14-20(18-6-4-5-7-21(18)27-23)25(30)29-26-28-22-11-10-17(34(3,31)32)13-24(22)33-26/h4-14H,1-3H3,(H,28,29,30). The minimum Gasteiger partial charge on any atom is -0.298 e. The molecule has 2 aromatic heterocycles. The molecule has 0 unspecified atom stereocenters. The summed E-state index contributed by atoms with van der Waals surface area (Å²) in [6, 6.07) is 20.3. The fourth-order valence-electron chi connectivity index (χ4n) is 3.87. The van der Waals surface area contributed by atoms with Crippen molar-refractivity contribution in [2.45, 2.75) is 18.7 Å². The van der Waals surface area contributed by atoms with Crippen LogP contribution in [0.5, 0.6) is 0 Å². The number of hydrogen-bond acceptors (Lipinski definition) is 6. The number of rotatable bonds is 4. The lowest BCUT2D eigenvalue weighted by molar-refractivity contribution is 0.102. The molecular formula is C26H21N3O3S2. The summed E-state index contributed by atoms with van der Waals surface area (Å²) in [6.07, 6.45) is 1.17. The molecule has 0 spiro atoms. The van der Waals surface area contributed by atoms with Gasteiger partial charge >= 0.3 is 0 Å². The lowest BCUT2D eigenvalue weighted by Gasteiger charge is -2.12. The second-order valence-corrected chi connectivity index (χ2v) is 11.3. The van der Waals surface area contributed by atoms with Gasteiger partial charge in [0.1, 0.15) is 0 Å². The number of anilines is 1. The Bertz CT molecular complexity index is 1710. The molecular weight excluding hydrogens is 466 g/mol. The zero-order valence-corrected chi connectivity index (χ0v) is 20.4. The molecule has 0 atom stereocenters. The van der Waals surface area contributed by atoms with E-state index in [0.29, 0.717) is 20.9 Å². The highest BCUT2D eigenvalue weighted by Crippen LogP contribution is 2.31. The number of para-hydroxylation sites is 1. The van der Waals surface area contributed by atoms with Gasteiger partial charge in [-0.3, -0.25) is 10.1 Å². The van der Waals surface area contributed by atoms with E-state index in [2.05, 4.69) is 22.4 Å². The lowest BCUT2D eigenvalue weighted by atomic mass is 9.99. The van der Waals surface area contributed by atoms with E-state index < -0.39 is 9.84 Å². The molecule has 0 aliphatic rings. The maximum Gasteiger partial charge on any atom is 0.258 e. The number of fused-ring (bicyclic) bond motifs is 2. The van der Waals surface area contributed by atoms with Crippen molar-refractivity contribution in [1.82, 2.24) is 9.97 Å². The van der Waals surface area contributed by atoms with Crippen LogP contribution in [-0.4, -0.2) is 30.5 Å². The molecule has 5 rings (SSSR count). The molecule has 0 bridgehead atoms. The van der Waals surface area contributed by atoms with E-state index in [1.165, 1.54) is 23.7 Å². The number of nitrogens with zero attached hydrogens (tertiary/aromatic N) is 2. The van der Waals surface area contributed by atoms with Crippen molar-refractivity contribution in [3.05, 3.63) is 83.4 Å². The fraction of sp³-hybridized carbons (Fsp3) is 0.115. The molecule has 0 aliphatic carbocycles. The second-order valence-electron chi connectivity index (χ2n) is 8.27. The molecule has 0 radical (unpaired) electrons. The van der Waals surface area contributed by atoms with E-state index in [0.717, 1.165) is 33.3 Å². The summed E-state index contributed by atoms with van der Waals surface area (Å²) in [7, 11) is -3.33. The van der Waals surface area contributed by atoms with E-state index in [-0.39, 0.29) is 10.8 Å². The molecule has 0 saturated heterocycles. The smallest absolute Gasteiger partial charge is 0.258 e. The van der Waals surface area contributed by atoms with Crippen LogP contribution < -0.4 is 5.32 Å². The first-order chi connectivity index (χ1) is 16.2. The first-order valence-corrected chi connectivity index (χ1v) is 13.3. The van der Waals surface area contributed by atoms with Crippen molar-refractivity contribution in [2.24, 2.45) is 0 Å². The molecule has 0 saturated carbocycles. The number of hydrogen-bond donors (Lipinski definition) is 1. The van der Waals surface area contributed by atoms with Crippen LogP contribution in [-0.2, 0) is 9.84 Å². The zero-order valence-electron chi connectivity index (χ0n) is 18.8. The van der Waals surface area contributed by atoms with Gasteiger partial charge in [0.15, 0.2) is 15.0 Å². The molecule has 170 valence electrons. The van der Waals surface area contributed by atoms with Gasteiger partial charge in [-0.2, -0.15) is 0 Å². The maximum atomic E-state index is 13.4. The van der Waals surface area contributed by atoms with E-state index in [9.17, 15) is 13.2 Å². The van der Waals surface area contributed by atoms with Crippen LogP contribution in [0.2, 0.25) is 0 Å². The third-order valence-electron chi connectivity index (χ3n) is 5.64. The Morgan fingerprint density at radius 1 is 0.912 bits per heavy atom. The Kier molecular flexibility index (Phi) is 5.42. The number of sulfone groups is 1. The number of carbonyl (C=O) groups excluding carboxylic acids is 1. The lowest BCUT2D eigenvalue weighted by Crippen LogP contribution is -2.13. The molecule has 0 fully saturated rings. The van der Waals surface area contributed by atoms with Gasteiger partial charge in [-0.1, -0.05) is 47.2 Å². The molecule has 3 aromatic carbocycles. The fourth-order valence-corrected chi connectivity index (χ4v) is 5.49. The van der Waals surface area contributed by atoms with Gasteiger partial charge in [0.2, 0.25) is 0 Å². The molecule has 2 heterocycles. The number of pyridine rings is 1. The minimum absolute atomic E-state index is 0.222. The maximum absolute atomic E-state index is 13.4. The Hall–Kier alpha value is -3.62. The van der Waals surface area contributed by atoms with Gasteiger partial charge in [0, 0.05) is 17.2 Å². The highest BCUT2D eigenvalue weighted by molar-refractivity contribution is 7.90. The molecule has 8 heteroatoms. The summed E-state index contributed by atoms with van der Waals surface area (Å²) in [4.78, 5) is 22.9. The summed E-state index contributed by atoms with van der Waals surface area (Å²) >= 11 is 1.24. The molecule has 0 aliphatic heterocycles. The van der Waals surface area contributed by atoms with Gasteiger partial charge in [0.05, 0.1) is 31.9 Å². The molecule has 6 nitrogen and oxygen atoms in total. The number of thiazole rings is 1. The molecule has 34 heavy (non-hydrogen) atoms. The van der Waals surface area contributed by atoms with Gasteiger partial charge in [-0.05, 0) is 55.8 Å². The quantitative estimate of drug-likeness (QED) is 0.347. The number of benzene rings is 3. The van der Waals surface area contributed by atoms with Crippen LogP contribution in [0, 0.1) is 13.8 Å². The predicted octanol–water partition coefficient (Wildman–Crippen LogP) is 5.78. The Labute approximate surface area is 201 Å². The third kappa shape index (κ3) is 4.18. The number of amides is 1. The largest absolute Gasteiger partial charge is 0.298 e. The summed E-state index contributed by atoms with van der Waals surface area (Å²) in [6.45, 7) is 4.05. The van der Waals surface area contributed by atoms with E-state index >= 15 is 0 Å². The van der Waals surface area contributed by atoms with Crippen molar-refractivity contribution in [3.8, 4) is 11.3 Å². The number of aromatic nitrogens is 2. The van der Waals surface area contributed by atoms with Crippen molar-refractivity contribution in [1.29, 1.82) is 0 Å². The van der Waals surface area contributed by atoms with E-state index in [1.54, 1.807) is 12.1 Å². The summed E-state index contributed by atoms with van der Waals surface area (Å²) in [5.41, 5.74) is 5.76. The SMILES string of the molecule is Cc1ccc(C)c(-c2cc(C(=O)Nc3nc4ccc(S(C)(=O)=O)cc4s3)c3ccccc3n2)c1. The summed E-state index contributed by atoms with van der Waals surface area (Å²) < 4.78 is 24.4. The van der Waals surface area contributed by atoms with Crippen LogP contribution >= 0.6 is 11.3 Å². The molecule has 1 N–H and O–H groups in total. The zero-order chi connectivity index (χ0) is 24.0. The second kappa shape index (κ2) is 8.30. The van der Waals surface area contributed by atoms with Crippen molar-refractivity contribution < 1.29 is 13.2 Å². The van der Waals surface area contributed by atoms with Gasteiger partial charge in [-0.15, -0.1) is 0 Å². The Morgan fingerprint density at radius 2 is 1.71 bits per heavy atom. The number of aryl methyl sites for hydroxylation is 2. The van der Waals surface area contributed by atoms with E-state index in [1.807, 2.05) is 50.2 Å². The van der Waals surface area contributed by atoms with Gasteiger partial charge < -0.3 is 0 Å². The van der Waals surface area contributed by atoms with Crippen molar-refractivity contribution >= 4 is 53.3 Å². The average molecular weight is 488 g/mol. The molecule has 5 aromatic rings. The van der Waals surface area contributed by atoms with E-state index in [4.69, 9.17) is 4.98 Å². The average Bonchev–Trinajstić information content (AvgIpc) is 3.20. The highest BCUT2D eigenvalue weighted by Gasteiger charge is 2.17. The first-order valence-electron chi connectivity index (χ1n) is 10.6. The van der Waals surface area contributed by atoms with Crippen LogP contribution in [0.15, 0.2) is 71.6 Å². The van der Waals surface area contributed by atoms with Crippen molar-refractivity contribution in [2.75, 3.05) is 11.6 Å². The normalized spacial score (nSPS) is 11.7.